The summed E-state index contributed by atoms with van der Waals surface area (Å²) in [6.07, 6.45) is 3.21. The molecule has 2 rings (SSSR count). The van der Waals surface area contributed by atoms with E-state index in [4.69, 9.17) is 0 Å². The number of carboxylic acid groups (broad SMARTS) is 2. The number of aryl methyl sites for hydroxylation is 1. The Kier molecular flexibility index (Phi) is 7.67. The van der Waals surface area contributed by atoms with E-state index >= 15 is 0 Å². The fourth-order valence-corrected chi connectivity index (χ4v) is 3.99. The van der Waals surface area contributed by atoms with E-state index in [-0.39, 0.29) is 11.2 Å². The zero-order chi connectivity index (χ0) is 20.0. The van der Waals surface area contributed by atoms with E-state index < -0.39 is 30.1 Å². The lowest BCUT2D eigenvalue weighted by Gasteiger charge is -2.27. The first kappa shape index (κ1) is 21.2. The molecule has 148 valence electrons. The van der Waals surface area contributed by atoms with Crippen LogP contribution in [-0.2, 0) is 20.8 Å². The molecule has 0 radical (unpaired) electrons. The maximum absolute atomic E-state index is 12.8. The van der Waals surface area contributed by atoms with Crippen molar-refractivity contribution >= 4 is 29.6 Å². The summed E-state index contributed by atoms with van der Waals surface area (Å²) >= 11 is 1.54. The topological polar surface area (TPSA) is 107 Å². The van der Waals surface area contributed by atoms with Crippen LogP contribution in [0.5, 0.6) is 0 Å². The molecule has 27 heavy (non-hydrogen) atoms. The van der Waals surface area contributed by atoms with Crippen LogP contribution in [0, 0.1) is 0 Å². The molecule has 1 saturated heterocycles. The summed E-state index contributed by atoms with van der Waals surface area (Å²) in [6, 6.07) is 7.03. The first-order chi connectivity index (χ1) is 12.8. The van der Waals surface area contributed by atoms with Crippen molar-refractivity contribution in [3.05, 3.63) is 35.9 Å². The van der Waals surface area contributed by atoms with Gasteiger partial charge in [-0.25, -0.2) is 4.79 Å². The zero-order valence-electron chi connectivity index (χ0n) is 15.5. The molecule has 1 aromatic carbocycles. The molecule has 1 aromatic rings. The number of thioether (sulfide) groups is 1. The minimum Gasteiger partial charge on any atom is -0.480 e. The largest absolute Gasteiger partial charge is 0.480 e. The predicted octanol–water partition coefficient (Wildman–Crippen LogP) is 1.47. The Hall–Kier alpha value is -2.06. The number of carbonyl (C=O) groups excluding carboxylic acids is 1. The number of hydrogen-bond donors (Lipinski definition) is 3. The molecule has 1 aliphatic heterocycles. The van der Waals surface area contributed by atoms with Gasteiger partial charge in [0.25, 0.3) is 0 Å². The van der Waals surface area contributed by atoms with Crippen LogP contribution in [-0.4, -0.2) is 69.1 Å². The molecule has 7 nitrogen and oxygen atoms in total. The highest BCUT2D eigenvalue weighted by atomic mass is 32.2. The summed E-state index contributed by atoms with van der Waals surface area (Å²) < 4.78 is 0. The van der Waals surface area contributed by atoms with Crippen LogP contribution < -0.4 is 5.32 Å². The SMILES string of the molecule is CSC1C[C@@H](C(=O)O)N(C(=O)[C@H](C)N[C@@H](CCc2ccccc2)C(=O)O)C1. The van der Waals surface area contributed by atoms with E-state index in [9.17, 15) is 24.6 Å². The first-order valence-corrected chi connectivity index (χ1v) is 10.2. The number of amides is 1. The number of rotatable bonds is 9. The highest BCUT2D eigenvalue weighted by molar-refractivity contribution is 7.99. The summed E-state index contributed by atoms with van der Waals surface area (Å²) in [5, 5.41) is 21.8. The number of hydrogen-bond acceptors (Lipinski definition) is 5. The number of aliphatic carboxylic acids is 2. The second kappa shape index (κ2) is 9.75. The molecule has 1 fully saturated rings. The Morgan fingerprint density at radius 1 is 1.26 bits per heavy atom. The Morgan fingerprint density at radius 2 is 1.93 bits per heavy atom. The smallest absolute Gasteiger partial charge is 0.326 e. The minimum atomic E-state index is -1.02. The maximum Gasteiger partial charge on any atom is 0.326 e. The van der Waals surface area contributed by atoms with Crippen molar-refractivity contribution in [2.45, 2.75) is 49.6 Å². The molecule has 0 aliphatic carbocycles. The number of nitrogens with one attached hydrogen (secondary N) is 1. The van der Waals surface area contributed by atoms with Gasteiger partial charge in [0.2, 0.25) is 5.91 Å². The van der Waals surface area contributed by atoms with Crippen LogP contribution >= 0.6 is 11.8 Å². The normalized spacial score (nSPS) is 21.6. The summed E-state index contributed by atoms with van der Waals surface area (Å²) in [5.74, 6) is -2.42. The van der Waals surface area contributed by atoms with Gasteiger partial charge < -0.3 is 15.1 Å². The third-order valence-corrected chi connectivity index (χ3v) is 5.86. The summed E-state index contributed by atoms with van der Waals surface area (Å²) in [6.45, 7) is 1.96. The lowest BCUT2D eigenvalue weighted by Crippen LogP contribution is -2.53. The van der Waals surface area contributed by atoms with Gasteiger partial charge in [-0.3, -0.25) is 14.9 Å². The lowest BCUT2D eigenvalue weighted by atomic mass is 10.0. The molecular formula is C19H26N2O5S. The van der Waals surface area contributed by atoms with Crippen molar-refractivity contribution in [3.8, 4) is 0 Å². The highest BCUT2D eigenvalue weighted by Gasteiger charge is 2.41. The predicted molar refractivity (Wildman–Crippen MR) is 104 cm³/mol. The average molecular weight is 394 g/mol. The van der Waals surface area contributed by atoms with Crippen LogP contribution in [0.3, 0.4) is 0 Å². The first-order valence-electron chi connectivity index (χ1n) is 8.92. The van der Waals surface area contributed by atoms with Crippen molar-refractivity contribution in [3.63, 3.8) is 0 Å². The number of carbonyl (C=O) groups is 3. The standard InChI is InChI=1S/C19H26N2O5S/c1-12(17(22)21-11-14(27-2)10-16(21)19(25)26)20-15(18(23)24)9-8-13-6-4-3-5-7-13/h3-7,12,14-16,20H,8-11H2,1-2H3,(H,23,24)(H,25,26)/t12-,14?,15-,16-/m0/s1. The van der Waals surface area contributed by atoms with Crippen LogP contribution in [0.15, 0.2) is 30.3 Å². The second-order valence-electron chi connectivity index (χ2n) is 6.74. The molecule has 1 amide bonds. The van der Waals surface area contributed by atoms with Gasteiger partial charge in [0.15, 0.2) is 0 Å². The summed E-state index contributed by atoms with van der Waals surface area (Å²) in [4.78, 5) is 37.2. The Labute approximate surface area is 163 Å². The Bertz CT molecular complexity index is 669. The number of benzene rings is 1. The van der Waals surface area contributed by atoms with Crippen molar-refractivity contribution < 1.29 is 24.6 Å². The third kappa shape index (κ3) is 5.71. The molecule has 0 spiro atoms. The minimum absolute atomic E-state index is 0.0793. The molecule has 8 heteroatoms. The van der Waals surface area contributed by atoms with E-state index in [1.807, 2.05) is 36.6 Å². The number of nitrogens with zero attached hydrogens (tertiary/aromatic N) is 1. The third-order valence-electron chi connectivity index (χ3n) is 4.85. The van der Waals surface area contributed by atoms with E-state index in [1.54, 1.807) is 6.92 Å². The monoisotopic (exact) mass is 394 g/mol. The van der Waals surface area contributed by atoms with Gasteiger partial charge in [-0.1, -0.05) is 30.3 Å². The van der Waals surface area contributed by atoms with Gasteiger partial charge in [0.05, 0.1) is 6.04 Å². The fraction of sp³-hybridized carbons (Fsp3) is 0.526. The van der Waals surface area contributed by atoms with Gasteiger partial charge in [-0.15, -0.1) is 0 Å². The van der Waals surface area contributed by atoms with Gasteiger partial charge in [0.1, 0.15) is 12.1 Å². The molecule has 1 heterocycles. The van der Waals surface area contributed by atoms with E-state index in [2.05, 4.69) is 5.32 Å². The number of carboxylic acids is 2. The zero-order valence-corrected chi connectivity index (χ0v) is 16.3. The van der Waals surface area contributed by atoms with Crippen LogP contribution in [0.4, 0.5) is 0 Å². The van der Waals surface area contributed by atoms with Gasteiger partial charge >= 0.3 is 11.9 Å². The van der Waals surface area contributed by atoms with Crippen molar-refractivity contribution in [1.82, 2.24) is 10.2 Å². The van der Waals surface area contributed by atoms with Gasteiger partial charge in [-0.05, 0) is 38.0 Å². The molecular weight excluding hydrogens is 368 g/mol. The Balaban J connectivity index is 1.99. The van der Waals surface area contributed by atoms with Crippen LogP contribution in [0.2, 0.25) is 0 Å². The number of likely N-dealkylation sites (tertiary alicyclic amines) is 1. The van der Waals surface area contributed by atoms with E-state index in [0.29, 0.717) is 25.8 Å². The molecule has 4 atom stereocenters. The maximum atomic E-state index is 12.8. The van der Waals surface area contributed by atoms with Crippen molar-refractivity contribution in [2.24, 2.45) is 0 Å². The van der Waals surface area contributed by atoms with Crippen molar-refractivity contribution in [1.29, 1.82) is 0 Å². The molecule has 0 saturated carbocycles. The summed E-state index contributed by atoms with van der Waals surface area (Å²) in [7, 11) is 0. The second-order valence-corrected chi connectivity index (χ2v) is 7.88. The van der Waals surface area contributed by atoms with Crippen LogP contribution in [0.25, 0.3) is 0 Å². The average Bonchev–Trinajstić information content (AvgIpc) is 3.09. The van der Waals surface area contributed by atoms with Gasteiger partial charge in [-0.2, -0.15) is 11.8 Å². The molecule has 1 aliphatic rings. The van der Waals surface area contributed by atoms with Crippen LogP contribution in [0.1, 0.15) is 25.3 Å². The highest BCUT2D eigenvalue weighted by Crippen LogP contribution is 2.27. The lowest BCUT2D eigenvalue weighted by molar-refractivity contribution is -0.149. The quantitative estimate of drug-likeness (QED) is 0.582. The van der Waals surface area contributed by atoms with E-state index in [1.165, 1.54) is 16.7 Å². The molecule has 0 bridgehead atoms. The van der Waals surface area contributed by atoms with E-state index in [0.717, 1.165) is 5.56 Å². The molecule has 1 unspecified atom stereocenters. The fourth-order valence-electron chi connectivity index (χ4n) is 3.30. The van der Waals surface area contributed by atoms with Gasteiger partial charge in [0, 0.05) is 11.8 Å². The molecule has 0 aromatic heterocycles. The van der Waals surface area contributed by atoms with Crippen molar-refractivity contribution in [2.75, 3.05) is 12.8 Å². The molecule has 3 N–H and O–H groups in total. The summed E-state index contributed by atoms with van der Waals surface area (Å²) in [5.41, 5.74) is 1.03. The Morgan fingerprint density at radius 3 is 2.48 bits per heavy atom.